The van der Waals surface area contributed by atoms with E-state index in [9.17, 15) is 18.0 Å². The van der Waals surface area contributed by atoms with Crippen LogP contribution in [0.2, 0.25) is 10.0 Å². The number of hydrogen-bond donors (Lipinski definition) is 1. The molecule has 4 rings (SSSR count). The van der Waals surface area contributed by atoms with Crippen LogP contribution in [0.25, 0.3) is 0 Å². The monoisotopic (exact) mass is 637 g/mol. The van der Waals surface area contributed by atoms with Gasteiger partial charge in [-0.15, -0.1) is 0 Å². The van der Waals surface area contributed by atoms with Crippen LogP contribution in [0.4, 0.5) is 5.69 Å². The summed E-state index contributed by atoms with van der Waals surface area (Å²) in [6.07, 6.45) is 0.241. The smallest absolute Gasteiger partial charge is 0.264 e. The van der Waals surface area contributed by atoms with Crippen molar-refractivity contribution in [3.63, 3.8) is 0 Å². The van der Waals surface area contributed by atoms with Gasteiger partial charge in [0.1, 0.15) is 12.6 Å². The number of sulfonamides is 1. The summed E-state index contributed by atoms with van der Waals surface area (Å²) in [5.74, 6) is -0.879. The standard InChI is InChI=1S/C33H33Cl2N3O4S/c1-3-36-33(40)31(20-25-11-5-4-6-12-25)37(22-26-13-8-7-10-24(26)2)32(39)23-38(29-15-9-14-28(35)21-29)43(41,42)30-18-16-27(34)17-19-30/h4-19,21,31H,3,20,22-23H2,1-2H3,(H,36,40)/t31-/m0/s1. The number of halogens is 2. The fourth-order valence-corrected chi connectivity index (χ4v) is 6.43. The van der Waals surface area contributed by atoms with Crippen molar-refractivity contribution in [3.05, 3.63) is 130 Å². The van der Waals surface area contributed by atoms with E-state index in [-0.39, 0.29) is 29.5 Å². The third-order valence-electron chi connectivity index (χ3n) is 7.00. The molecule has 0 unspecified atom stereocenters. The highest BCUT2D eigenvalue weighted by Crippen LogP contribution is 2.28. The Hall–Kier alpha value is -3.85. The Morgan fingerprint density at radius 2 is 1.51 bits per heavy atom. The molecular formula is C33H33Cl2N3O4S. The molecule has 43 heavy (non-hydrogen) atoms. The van der Waals surface area contributed by atoms with Crippen molar-refractivity contribution in [1.82, 2.24) is 10.2 Å². The number of nitrogens with one attached hydrogen (secondary N) is 1. The molecule has 1 N–H and O–H groups in total. The number of hydrogen-bond acceptors (Lipinski definition) is 4. The van der Waals surface area contributed by atoms with E-state index in [2.05, 4.69) is 5.32 Å². The first kappa shape index (κ1) is 32.1. The van der Waals surface area contributed by atoms with Crippen LogP contribution < -0.4 is 9.62 Å². The van der Waals surface area contributed by atoms with Crippen LogP contribution in [0, 0.1) is 6.92 Å². The number of aryl methyl sites for hydroxylation is 1. The molecule has 4 aromatic rings. The number of carbonyl (C=O) groups is 2. The second-order valence-corrected chi connectivity index (χ2v) is 12.7. The fourth-order valence-electron chi connectivity index (χ4n) is 4.71. The second-order valence-electron chi connectivity index (χ2n) is 9.99. The lowest BCUT2D eigenvalue weighted by Gasteiger charge is -2.34. The van der Waals surface area contributed by atoms with E-state index in [1.54, 1.807) is 18.2 Å². The van der Waals surface area contributed by atoms with Crippen LogP contribution in [0.15, 0.2) is 108 Å². The molecule has 4 aromatic carbocycles. The lowest BCUT2D eigenvalue weighted by molar-refractivity contribution is -0.140. The molecular weight excluding hydrogens is 605 g/mol. The maximum absolute atomic E-state index is 14.4. The van der Waals surface area contributed by atoms with Gasteiger partial charge in [0, 0.05) is 29.6 Å². The number of anilines is 1. The predicted octanol–water partition coefficient (Wildman–Crippen LogP) is 6.27. The first-order valence-electron chi connectivity index (χ1n) is 13.8. The SMILES string of the molecule is CCNC(=O)[C@H](Cc1ccccc1)N(Cc1ccccc1C)C(=O)CN(c1cccc(Cl)c1)S(=O)(=O)c1ccc(Cl)cc1. The van der Waals surface area contributed by atoms with Crippen LogP contribution >= 0.6 is 23.2 Å². The normalized spacial score (nSPS) is 11.9. The Morgan fingerprint density at radius 3 is 2.16 bits per heavy atom. The van der Waals surface area contributed by atoms with Gasteiger partial charge in [-0.05, 0) is 73.0 Å². The van der Waals surface area contributed by atoms with Gasteiger partial charge in [0.15, 0.2) is 0 Å². The van der Waals surface area contributed by atoms with Crippen molar-refractivity contribution in [3.8, 4) is 0 Å². The van der Waals surface area contributed by atoms with Crippen molar-refractivity contribution in [1.29, 1.82) is 0 Å². The maximum Gasteiger partial charge on any atom is 0.264 e. The number of amides is 2. The largest absolute Gasteiger partial charge is 0.355 e. The lowest BCUT2D eigenvalue weighted by atomic mass is 10.0. The quantitative estimate of drug-likeness (QED) is 0.198. The van der Waals surface area contributed by atoms with Gasteiger partial charge in [0.05, 0.1) is 10.6 Å². The summed E-state index contributed by atoms with van der Waals surface area (Å²) in [5, 5.41) is 3.54. The van der Waals surface area contributed by atoms with Gasteiger partial charge in [0.25, 0.3) is 10.0 Å². The van der Waals surface area contributed by atoms with Crippen molar-refractivity contribution < 1.29 is 18.0 Å². The summed E-state index contributed by atoms with van der Waals surface area (Å²) in [6.45, 7) is 3.65. The molecule has 0 aliphatic heterocycles. The van der Waals surface area contributed by atoms with Crippen molar-refractivity contribution >= 4 is 50.7 Å². The molecule has 0 fully saturated rings. The van der Waals surface area contributed by atoms with E-state index in [1.807, 2.05) is 68.4 Å². The lowest BCUT2D eigenvalue weighted by Crippen LogP contribution is -2.53. The molecule has 0 aliphatic rings. The molecule has 1 atom stereocenters. The van der Waals surface area contributed by atoms with Crippen LogP contribution in [-0.4, -0.2) is 44.3 Å². The predicted molar refractivity (Wildman–Crippen MR) is 172 cm³/mol. The van der Waals surface area contributed by atoms with Crippen LogP contribution in [-0.2, 0) is 32.6 Å². The van der Waals surface area contributed by atoms with E-state index < -0.39 is 28.5 Å². The van der Waals surface area contributed by atoms with Crippen LogP contribution in [0.3, 0.4) is 0 Å². The topological polar surface area (TPSA) is 86.8 Å². The molecule has 0 spiro atoms. The van der Waals surface area contributed by atoms with E-state index >= 15 is 0 Å². The highest BCUT2D eigenvalue weighted by Gasteiger charge is 2.34. The molecule has 10 heteroatoms. The molecule has 0 radical (unpaired) electrons. The van der Waals surface area contributed by atoms with Gasteiger partial charge >= 0.3 is 0 Å². The van der Waals surface area contributed by atoms with E-state index in [4.69, 9.17) is 23.2 Å². The Morgan fingerprint density at radius 1 is 0.837 bits per heavy atom. The van der Waals surface area contributed by atoms with Crippen LogP contribution in [0.5, 0.6) is 0 Å². The Kier molecular flexibility index (Phi) is 10.9. The Bertz CT molecular complexity index is 1670. The summed E-state index contributed by atoms with van der Waals surface area (Å²) >= 11 is 12.3. The third kappa shape index (κ3) is 8.16. The minimum Gasteiger partial charge on any atom is -0.355 e. The van der Waals surface area contributed by atoms with Crippen molar-refractivity contribution in [2.75, 3.05) is 17.4 Å². The molecule has 0 aliphatic carbocycles. The van der Waals surface area contributed by atoms with Crippen LogP contribution in [0.1, 0.15) is 23.6 Å². The number of rotatable bonds is 12. The molecule has 224 valence electrons. The average Bonchev–Trinajstić information content (AvgIpc) is 2.99. The first-order valence-corrected chi connectivity index (χ1v) is 16.0. The minimum absolute atomic E-state index is 0.0420. The first-order chi connectivity index (χ1) is 20.6. The summed E-state index contributed by atoms with van der Waals surface area (Å²) in [5.41, 5.74) is 2.86. The number of nitrogens with zero attached hydrogens (tertiary/aromatic N) is 2. The molecule has 0 bridgehead atoms. The van der Waals surface area contributed by atoms with E-state index in [1.165, 1.54) is 35.2 Å². The zero-order valence-electron chi connectivity index (χ0n) is 23.9. The van der Waals surface area contributed by atoms with Crippen molar-refractivity contribution in [2.24, 2.45) is 0 Å². The molecule has 7 nitrogen and oxygen atoms in total. The van der Waals surface area contributed by atoms with Gasteiger partial charge < -0.3 is 10.2 Å². The Labute approximate surface area is 263 Å². The second kappa shape index (κ2) is 14.6. The van der Waals surface area contributed by atoms with Gasteiger partial charge in [-0.3, -0.25) is 13.9 Å². The molecule has 2 amide bonds. The van der Waals surface area contributed by atoms with Gasteiger partial charge in [-0.25, -0.2) is 8.42 Å². The fraction of sp³-hybridized carbons (Fsp3) is 0.212. The minimum atomic E-state index is -4.24. The molecule has 0 heterocycles. The zero-order valence-corrected chi connectivity index (χ0v) is 26.2. The summed E-state index contributed by atoms with van der Waals surface area (Å²) in [4.78, 5) is 29.4. The Balaban J connectivity index is 1.80. The maximum atomic E-state index is 14.4. The number of likely N-dealkylation sites (N-methyl/N-ethyl adjacent to an activating group) is 1. The van der Waals surface area contributed by atoms with E-state index in [0.717, 1.165) is 21.0 Å². The van der Waals surface area contributed by atoms with Gasteiger partial charge in [-0.1, -0.05) is 83.9 Å². The summed E-state index contributed by atoms with van der Waals surface area (Å²) < 4.78 is 29.0. The van der Waals surface area contributed by atoms with Gasteiger partial charge in [-0.2, -0.15) is 0 Å². The summed E-state index contributed by atoms with van der Waals surface area (Å²) in [7, 11) is -4.24. The van der Waals surface area contributed by atoms with Gasteiger partial charge in [0.2, 0.25) is 11.8 Å². The highest BCUT2D eigenvalue weighted by molar-refractivity contribution is 7.92. The highest BCUT2D eigenvalue weighted by atomic mass is 35.5. The van der Waals surface area contributed by atoms with Crippen molar-refractivity contribution in [2.45, 2.75) is 37.8 Å². The number of carbonyl (C=O) groups excluding carboxylic acids is 2. The van der Waals surface area contributed by atoms with E-state index in [0.29, 0.717) is 16.6 Å². The zero-order chi connectivity index (χ0) is 31.0. The molecule has 0 aromatic heterocycles. The molecule has 0 saturated carbocycles. The third-order valence-corrected chi connectivity index (χ3v) is 9.28. The summed E-state index contributed by atoms with van der Waals surface area (Å²) in [6, 6.07) is 28.1. The average molecular weight is 639 g/mol. The number of benzene rings is 4. The molecule has 0 saturated heterocycles.